The van der Waals surface area contributed by atoms with Gasteiger partial charge in [-0.05, 0) is 19.9 Å². The fraction of sp³-hybridized carbons (Fsp3) is 0.786. The molecule has 0 amide bonds. The molecule has 0 saturated carbocycles. The van der Waals surface area contributed by atoms with Gasteiger partial charge < -0.3 is 5.32 Å². The number of nitrogens with one attached hydrogen (secondary N) is 1. The van der Waals surface area contributed by atoms with Crippen LogP contribution in [-0.2, 0) is 5.54 Å². The zero-order valence-corrected chi connectivity index (χ0v) is 12.3. The first-order chi connectivity index (χ1) is 8.23. The Hall–Kier alpha value is -0.410. The summed E-state index contributed by atoms with van der Waals surface area (Å²) in [6.07, 6.45) is 9.80. The van der Waals surface area contributed by atoms with E-state index in [1.54, 1.807) is 11.3 Å². The summed E-state index contributed by atoms with van der Waals surface area (Å²) in [5, 5.41) is 6.90. The van der Waals surface area contributed by atoms with Gasteiger partial charge in [0.2, 0.25) is 0 Å². The minimum atomic E-state index is 0.0785. The van der Waals surface area contributed by atoms with Gasteiger partial charge in [-0.3, -0.25) is 0 Å². The molecule has 1 unspecified atom stereocenters. The van der Waals surface area contributed by atoms with E-state index in [9.17, 15) is 0 Å². The maximum Gasteiger partial charge on any atom is 0.112 e. The third kappa shape index (κ3) is 4.76. The Labute approximate surface area is 110 Å². The second-order valence-corrected chi connectivity index (χ2v) is 5.76. The van der Waals surface area contributed by atoms with Crippen molar-refractivity contribution in [3.05, 3.63) is 16.6 Å². The minimum absolute atomic E-state index is 0.0785. The van der Waals surface area contributed by atoms with E-state index in [1.165, 1.54) is 43.5 Å². The van der Waals surface area contributed by atoms with Crippen molar-refractivity contribution in [3.8, 4) is 0 Å². The van der Waals surface area contributed by atoms with Crippen LogP contribution in [-0.4, -0.2) is 11.5 Å². The van der Waals surface area contributed by atoms with E-state index in [2.05, 4.69) is 36.5 Å². The summed E-state index contributed by atoms with van der Waals surface area (Å²) < 4.78 is 0. The second-order valence-electron chi connectivity index (χ2n) is 4.86. The van der Waals surface area contributed by atoms with Gasteiger partial charge in [-0.1, -0.05) is 46.0 Å². The van der Waals surface area contributed by atoms with Crippen molar-refractivity contribution in [2.75, 3.05) is 6.54 Å². The SMILES string of the molecule is CCCCCCCC(C)(NCC)c1nccs1. The number of nitrogens with zero attached hydrogens (tertiary/aromatic N) is 1. The predicted molar refractivity (Wildman–Crippen MR) is 76.5 cm³/mol. The lowest BCUT2D eigenvalue weighted by Gasteiger charge is -2.28. The highest BCUT2D eigenvalue weighted by Crippen LogP contribution is 2.28. The lowest BCUT2D eigenvalue weighted by Crippen LogP contribution is -2.39. The molecule has 1 aromatic heterocycles. The van der Waals surface area contributed by atoms with Crippen LogP contribution in [0, 0.1) is 0 Å². The third-order valence-corrected chi connectivity index (χ3v) is 4.29. The van der Waals surface area contributed by atoms with Crippen LogP contribution in [0.25, 0.3) is 0 Å². The number of hydrogen-bond acceptors (Lipinski definition) is 3. The molecule has 0 radical (unpaired) electrons. The monoisotopic (exact) mass is 254 g/mol. The summed E-state index contributed by atoms with van der Waals surface area (Å²) in [6, 6.07) is 0. The van der Waals surface area contributed by atoms with E-state index in [0.29, 0.717) is 0 Å². The molecule has 0 aliphatic heterocycles. The first-order valence-corrected chi connectivity index (χ1v) is 7.76. The smallest absolute Gasteiger partial charge is 0.112 e. The Morgan fingerprint density at radius 1 is 1.24 bits per heavy atom. The van der Waals surface area contributed by atoms with Gasteiger partial charge in [0.05, 0.1) is 5.54 Å². The maximum atomic E-state index is 4.48. The summed E-state index contributed by atoms with van der Waals surface area (Å²) in [4.78, 5) is 4.48. The highest BCUT2D eigenvalue weighted by Gasteiger charge is 2.27. The molecule has 0 bridgehead atoms. The number of unbranched alkanes of at least 4 members (excludes halogenated alkanes) is 4. The van der Waals surface area contributed by atoms with Crippen LogP contribution < -0.4 is 5.32 Å². The molecule has 0 saturated heterocycles. The standard InChI is InChI=1S/C14H26N2S/c1-4-6-7-8-9-10-14(3,16-5-2)13-15-11-12-17-13/h11-12,16H,4-10H2,1-3H3. The molecule has 0 fully saturated rings. The van der Waals surface area contributed by atoms with Crippen molar-refractivity contribution in [1.29, 1.82) is 0 Å². The topological polar surface area (TPSA) is 24.9 Å². The number of hydrogen-bond donors (Lipinski definition) is 1. The van der Waals surface area contributed by atoms with Crippen molar-refractivity contribution in [3.63, 3.8) is 0 Å². The molecule has 0 aliphatic rings. The third-order valence-electron chi connectivity index (χ3n) is 3.25. The molecule has 2 nitrogen and oxygen atoms in total. The fourth-order valence-corrected chi connectivity index (χ4v) is 3.05. The average molecular weight is 254 g/mol. The molecule has 0 aromatic carbocycles. The van der Waals surface area contributed by atoms with Crippen LogP contribution >= 0.6 is 11.3 Å². The molecule has 1 N–H and O–H groups in total. The quantitative estimate of drug-likeness (QED) is 0.664. The van der Waals surface area contributed by atoms with E-state index in [0.717, 1.165) is 6.54 Å². The molecule has 98 valence electrons. The Kier molecular flexibility index (Phi) is 6.75. The largest absolute Gasteiger partial charge is 0.306 e. The summed E-state index contributed by atoms with van der Waals surface area (Å²) in [6.45, 7) is 7.72. The Morgan fingerprint density at radius 3 is 2.59 bits per heavy atom. The van der Waals surface area contributed by atoms with Crippen molar-refractivity contribution in [2.24, 2.45) is 0 Å². The van der Waals surface area contributed by atoms with Crippen molar-refractivity contribution >= 4 is 11.3 Å². The number of aromatic nitrogens is 1. The molecule has 3 heteroatoms. The second kappa shape index (κ2) is 7.83. The van der Waals surface area contributed by atoms with Gasteiger partial charge in [-0.25, -0.2) is 4.98 Å². The highest BCUT2D eigenvalue weighted by molar-refractivity contribution is 7.09. The normalized spacial score (nSPS) is 14.8. The molecule has 1 rings (SSSR count). The van der Waals surface area contributed by atoms with E-state index in [-0.39, 0.29) is 5.54 Å². The molecule has 1 aromatic rings. The van der Waals surface area contributed by atoms with E-state index >= 15 is 0 Å². The van der Waals surface area contributed by atoms with Crippen LogP contribution in [0.3, 0.4) is 0 Å². The summed E-state index contributed by atoms with van der Waals surface area (Å²) in [5.41, 5.74) is 0.0785. The molecule has 1 atom stereocenters. The van der Waals surface area contributed by atoms with Gasteiger partial charge >= 0.3 is 0 Å². The average Bonchev–Trinajstić information content (AvgIpc) is 2.83. The highest BCUT2D eigenvalue weighted by atomic mass is 32.1. The Morgan fingerprint density at radius 2 is 2.00 bits per heavy atom. The summed E-state index contributed by atoms with van der Waals surface area (Å²) in [5.74, 6) is 0. The molecule has 0 aliphatic carbocycles. The van der Waals surface area contributed by atoms with Gasteiger partial charge in [-0.15, -0.1) is 11.3 Å². The lowest BCUT2D eigenvalue weighted by molar-refractivity contribution is 0.332. The fourth-order valence-electron chi connectivity index (χ4n) is 2.24. The Balaban J connectivity index is 2.43. The molecular weight excluding hydrogens is 228 g/mol. The molecular formula is C14H26N2S. The minimum Gasteiger partial charge on any atom is -0.306 e. The van der Waals surface area contributed by atoms with Crippen molar-refractivity contribution in [2.45, 2.75) is 64.8 Å². The van der Waals surface area contributed by atoms with E-state index in [1.807, 2.05) is 6.20 Å². The predicted octanol–water partition coefficient (Wildman–Crippen LogP) is 4.33. The van der Waals surface area contributed by atoms with Crippen LogP contribution in [0.4, 0.5) is 0 Å². The zero-order chi connectivity index (χ0) is 12.6. The van der Waals surface area contributed by atoms with Crippen LogP contribution in [0.5, 0.6) is 0 Å². The number of rotatable bonds is 9. The van der Waals surface area contributed by atoms with Gasteiger partial charge in [0.15, 0.2) is 0 Å². The van der Waals surface area contributed by atoms with Crippen LogP contribution in [0.1, 0.15) is 64.3 Å². The van der Waals surface area contributed by atoms with Crippen LogP contribution in [0.15, 0.2) is 11.6 Å². The van der Waals surface area contributed by atoms with Gasteiger partial charge in [0, 0.05) is 11.6 Å². The molecule has 1 heterocycles. The number of thiazole rings is 1. The van der Waals surface area contributed by atoms with Gasteiger partial charge in [-0.2, -0.15) is 0 Å². The lowest BCUT2D eigenvalue weighted by atomic mass is 9.94. The van der Waals surface area contributed by atoms with E-state index < -0.39 is 0 Å². The first-order valence-electron chi connectivity index (χ1n) is 6.88. The van der Waals surface area contributed by atoms with Crippen molar-refractivity contribution in [1.82, 2.24) is 10.3 Å². The molecule has 17 heavy (non-hydrogen) atoms. The maximum absolute atomic E-state index is 4.48. The van der Waals surface area contributed by atoms with Gasteiger partial charge in [0.1, 0.15) is 5.01 Å². The Bertz CT molecular complexity index is 284. The van der Waals surface area contributed by atoms with Crippen molar-refractivity contribution < 1.29 is 0 Å². The first kappa shape index (κ1) is 14.7. The summed E-state index contributed by atoms with van der Waals surface area (Å²) >= 11 is 1.76. The zero-order valence-electron chi connectivity index (χ0n) is 11.5. The van der Waals surface area contributed by atoms with Gasteiger partial charge in [0.25, 0.3) is 0 Å². The van der Waals surface area contributed by atoms with Crippen LogP contribution in [0.2, 0.25) is 0 Å². The summed E-state index contributed by atoms with van der Waals surface area (Å²) in [7, 11) is 0. The molecule has 0 spiro atoms. The van der Waals surface area contributed by atoms with E-state index in [4.69, 9.17) is 0 Å².